The minimum absolute atomic E-state index is 0.0197. The van der Waals surface area contributed by atoms with Gasteiger partial charge < -0.3 is 10.0 Å². The molecule has 2 aromatic rings. The van der Waals surface area contributed by atoms with Crippen LogP contribution in [0.5, 0.6) is 0 Å². The largest absolute Gasteiger partial charge is 0.512 e. The second-order valence-electron chi connectivity index (χ2n) is 14.8. The molecular weight excluding hydrogens is 675 g/mol. The summed E-state index contributed by atoms with van der Waals surface area (Å²) in [4.78, 5) is 16.2. The number of benzene rings is 2. The Hall–Kier alpha value is -3.09. The van der Waals surface area contributed by atoms with E-state index in [2.05, 4.69) is 0 Å². The van der Waals surface area contributed by atoms with Crippen LogP contribution in [-0.2, 0) is 37.2 Å². The zero-order valence-electron chi connectivity index (χ0n) is 26.8. The van der Waals surface area contributed by atoms with Crippen LogP contribution in [0.1, 0.15) is 92.9 Å². The Morgan fingerprint density at radius 2 is 1.41 bits per heavy atom. The summed E-state index contributed by atoms with van der Waals surface area (Å²) in [5.41, 5.74) is -6.95. The number of aryl methyl sites for hydroxylation is 1. The molecule has 5 nitrogen and oxygen atoms in total. The van der Waals surface area contributed by atoms with Crippen LogP contribution in [0.25, 0.3) is 0 Å². The van der Waals surface area contributed by atoms with Crippen molar-refractivity contribution in [2.75, 3.05) is 6.54 Å². The number of hydrogen-bond donors (Lipinski definition) is 1. The molecule has 1 amide bonds. The molecule has 2 bridgehead atoms. The standard InChI is InChI=1S/C36H38F7NO4S/c37-34(35(38,39)40,36(41,42)43)26-10-11-27-25(21-26)9-12-28-33(27,49(47,48)22-23-5-2-1-3-6-23)19-20-44(28)30(46)32-16-13-31(14-17-32,15-18-32)29(45)24-7-4-8-24/h1-3,5-6,10-11,21,28,45H,4,7-9,12-20,22H2. The molecule has 13 heteroatoms. The first-order valence-electron chi connectivity index (χ1n) is 16.9. The molecule has 8 rings (SSSR count). The lowest BCUT2D eigenvalue weighted by molar-refractivity contribution is -0.348. The predicted molar refractivity (Wildman–Crippen MR) is 167 cm³/mol. The van der Waals surface area contributed by atoms with E-state index in [0.29, 0.717) is 62.0 Å². The van der Waals surface area contributed by atoms with Gasteiger partial charge in [-0.1, -0.05) is 48.5 Å². The molecule has 1 heterocycles. The lowest BCUT2D eigenvalue weighted by atomic mass is 9.52. The van der Waals surface area contributed by atoms with Crippen LogP contribution in [0.4, 0.5) is 30.7 Å². The molecule has 4 saturated carbocycles. The van der Waals surface area contributed by atoms with Crippen LogP contribution >= 0.6 is 0 Å². The molecule has 2 aromatic carbocycles. The third-order valence-corrected chi connectivity index (χ3v) is 15.1. The second-order valence-corrected chi connectivity index (χ2v) is 17.1. The van der Waals surface area contributed by atoms with Crippen LogP contribution in [0.2, 0.25) is 0 Å². The summed E-state index contributed by atoms with van der Waals surface area (Å²) in [5.74, 6) is -0.175. The summed E-state index contributed by atoms with van der Waals surface area (Å²) >= 11 is 0. The van der Waals surface area contributed by atoms with Gasteiger partial charge in [0.25, 0.3) is 0 Å². The van der Waals surface area contributed by atoms with Gasteiger partial charge in [0, 0.05) is 22.9 Å². The zero-order valence-corrected chi connectivity index (χ0v) is 27.6. The molecule has 0 aromatic heterocycles. The van der Waals surface area contributed by atoms with Crippen molar-refractivity contribution in [1.29, 1.82) is 0 Å². The van der Waals surface area contributed by atoms with E-state index in [0.717, 1.165) is 30.9 Å². The fourth-order valence-corrected chi connectivity index (χ4v) is 12.1. The van der Waals surface area contributed by atoms with E-state index in [9.17, 15) is 44.7 Å². The highest BCUT2D eigenvalue weighted by Gasteiger charge is 2.74. The van der Waals surface area contributed by atoms with E-state index in [1.54, 1.807) is 35.2 Å². The first kappa shape index (κ1) is 34.4. The molecule has 0 spiro atoms. The van der Waals surface area contributed by atoms with Crippen molar-refractivity contribution in [3.63, 3.8) is 0 Å². The number of aliphatic hydroxyl groups excluding tert-OH is 1. The van der Waals surface area contributed by atoms with Gasteiger partial charge >= 0.3 is 18.0 Å². The quantitative estimate of drug-likeness (QED) is 0.240. The maximum atomic E-state index is 15.2. The Morgan fingerprint density at radius 1 is 0.816 bits per heavy atom. The molecule has 6 aliphatic rings. The van der Waals surface area contributed by atoms with Crippen LogP contribution in [0.3, 0.4) is 0 Å². The summed E-state index contributed by atoms with van der Waals surface area (Å²) in [6.45, 7) is 0.0407. The van der Waals surface area contributed by atoms with Crippen molar-refractivity contribution >= 4 is 15.7 Å². The fourth-order valence-electron chi connectivity index (χ4n) is 9.60. The van der Waals surface area contributed by atoms with Gasteiger partial charge in [0.15, 0.2) is 9.84 Å². The number of aliphatic hydroxyl groups is 1. The first-order chi connectivity index (χ1) is 22.9. The average Bonchev–Trinajstić information content (AvgIpc) is 3.45. The molecule has 49 heavy (non-hydrogen) atoms. The molecule has 1 aliphatic heterocycles. The van der Waals surface area contributed by atoms with Crippen molar-refractivity contribution in [2.45, 2.75) is 112 Å². The third kappa shape index (κ3) is 4.90. The van der Waals surface area contributed by atoms with Crippen LogP contribution in [-0.4, -0.2) is 49.3 Å². The molecule has 2 atom stereocenters. The van der Waals surface area contributed by atoms with E-state index in [1.165, 1.54) is 0 Å². The van der Waals surface area contributed by atoms with Gasteiger partial charge in [-0.2, -0.15) is 26.3 Å². The van der Waals surface area contributed by atoms with Crippen LogP contribution < -0.4 is 0 Å². The molecule has 2 unspecified atom stereocenters. The first-order valence-corrected chi connectivity index (χ1v) is 18.5. The number of allylic oxidation sites excluding steroid dienone is 2. The summed E-state index contributed by atoms with van der Waals surface area (Å²) in [6.07, 6.45) is -6.57. The molecule has 266 valence electrons. The molecule has 5 aliphatic carbocycles. The van der Waals surface area contributed by atoms with Gasteiger partial charge in [-0.25, -0.2) is 12.8 Å². The number of nitrogens with zero attached hydrogens (tertiary/aromatic N) is 1. The Kier molecular flexibility index (Phi) is 7.86. The van der Waals surface area contributed by atoms with Crippen molar-refractivity contribution < 1.29 is 49.1 Å². The number of amides is 1. The summed E-state index contributed by atoms with van der Waals surface area (Å²) in [5, 5.41) is 11.1. The number of sulfone groups is 1. The molecule has 5 fully saturated rings. The smallest absolute Gasteiger partial charge is 0.435 e. The number of fused-ring (bicyclic) bond motifs is 6. The maximum absolute atomic E-state index is 15.2. The predicted octanol–water partition coefficient (Wildman–Crippen LogP) is 8.67. The Balaban J connectivity index is 1.27. The van der Waals surface area contributed by atoms with E-state index >= 15 is 4.39 Å². The monoisotopic (exact) mass is 713 g/mol. The highest BCUT2D eigenvalue weighted by molar-refractivity contribution is 7.91. The number of carbonyl (C=O) groups excluding carboxylic acids is 1. The van der Waals surface area contributed by atoms with Crippen molar-refractivity contribution in [3.05, 3.63) is 82.1 Å². The number of hydrogen-bond acceptors (Lipinski definition) is 4. The van der Waals surface area contributed by atoms with Gasteiger partial charge in [-0.05, 0) is 99.3 Å². The maximum Gasteiger partial charge on any atom is 0.435 e. The Labute approximate surface area is 280 Å². The Bertz CT molecular complexity index is 1760. The van der Waals surface area contributed by atoms with Gasteiger partial charge in [-0.3, -0.25) is 4.79 Å². The highest BCUT2D eigenvalue weighted by Crippen LogP contribution is 2.63. The minimum atomic E-state index is -6.31. The van der Waals surface area contributed by atoms with Gasteiger partial charge in [0.05, 0.1) is 17.6 Å². The lowest BCUT2D eigenvalue weighted by Crippen LogP contribution is -2.57. The number of carbonyl (C=O) groups is 1. The van der Waals surface area contributed by atoms with Crippen LogP contribution in [0.15, 0.2) is 59.9 Å². The number of halogens is 7. The molecule has 1 N–H and O–H groups in total. The highest BCUT2D eigenvalue weighted by atomic mass is 32.2. The number of alkyl halides is 7. The van der Waals surface area contributed by atoms with E-state index in [1.807, 2.05) is 0 Å². The third-order valence-electron chi connectivity index (χ3n) is 12.6. The second kappa shape index (κ2) is 11.2. The molecule has 1 saturated heterocycles. The Morgan fingerprint density at radius 3 is 1.96 bits per heavy atom. The molecular formula is C36H38F7NO4S. The van der Waals surface area contributed by atoms with Crippen molar-refractivity contribution in [1.82, 2.24) is 4.90 Å². The topological polar surface area (TPSA) is 74.7 Å². The zero-order chi connectivity index (χ0) is 35.3. The van der Waals surface area contributed by atoms with Crippen molar-refractivity contribution in [2.24, 2.45) is 10.8 Å². The van der Waals surface area contributed by atoms with Gasteiger partial charge in [0.2, 0.25) is 5.91 Å². The number of rotatable bonds is 6. The normalized spacial score (nSPS) is 30.1. The van der Waals surface area contributed by atoms with E-state index < -0.39 is 55.4 Å². The average molecular weight is 714 g/mol. The van der Waals surface area contributed by atoms with Crippen molar-refractivity contribution in [3.8, 4) is 0 Å². The van der Waals surface area contributed by atoms with Gasteiger partial charge in [-0.15, -0.1) is 0 Å². The summed E-state index contributed by atoms with van der Waals surface area (Å²) < 4.78 is 125. The number of likely N-dealkylation sites (tertiary alicyclic amines) is 1. The summed E-state index contributed by atoms with van der Waals surface area (Å²) in [6, 6.07) is 9.15. The minimum Gasteiger partial charge on any atom is -0.512 e. The van der Waals surface area contributed by atoms with E-state index in [4.69, 9.17) is 0 Å². The SMILES string of the molecule is O=C(N1CCC2(S(=O)(=O)Cc3ccccc3)c3ccc(C(F)(C(F)(F)F)C(F)(F)F)cc3CCC12)C12CCC(C(O)=C3CCC3)(CC1)CC2. The molecule has 0 radical (unpaired) electrons. The fraction of sp³-hybridized carbons (Fsp3) is 0.583. The van der Waals surface area contributed by atoms with E-state index in [-0.39, 0.29) is 48.3 Å². The summed E-state index contributed by atoms with van der Waals surface area (Å²) in [7, 11) is -4.27. The van der Waals surface area contributed by atoms with Crippen LogP contribution in [0, 0.1) is 10.8 Å². The van der Waals surface area contributed by atoms with Gasteiger partial charge in [0.1, 0.15) is 4.75 Å². The lowest BCUT2D eigenvalue weighted by Gasteiger charge is -2.54.